The van der Waals surface area contributed by atoms with Crippen molar-refractivity contribution >= 4 is 33.8 Å². The lowest BCUT2D eigenvalue weighted by Crippen LogP contribution is -2.17. The zero-order valence-electron chi connectivity index (χ0n) is 14.8. The van der Waals surface area contributed by atoms with Gasteiger partial charge in [-0.3, -0.25) is 0 Å². The third kappa shape index (κ3) is 3.68. The summed E-state index contributed by atoms with van der Waals surface area (Å²) in [5, 5.41) is 12.5. The Labute approximate surface area is 164 Å². The predicted molar refractivity (Wildman–Crippen MR) is 106 cm³/mol. The lowest BCUT2D eigenvalue weighted by Gasteiger charge is -2.17. The number of carboxylic acids is 1. The Hall–Kier alpha value is -3.00. The molecule has 8 heteroatoms. The van der Waals surface area contributed by atoms with Gasteiger partial charge in [0, 0.05) is 30.4 Å². The molecule has 2 aromatic carbocycles. The number of nitrogens with one attached hydrogen (secondary N) is 1. The second-order valence-electron chi connectivity index (χ2n) is 6.49. The van der Waals surface area contributed by atoms with Crippen molar-refractivity contribution in [2.24, 2.45) is 0 Å². The molecular weight excluding hydrogens is 384 g/mol. The molecule has 1 aliphatic rings. The summed E-state index contributed by atoms with van der Waals surface area (Å²) in [6, 6.07) is 10.7. The Kier molecular flexibility index (Phi) is 4.95. The maximum Gasteiger partial charge on any atom is 0.348 e. The number of nitrogens with zero attached hydrogens (tertiary/aromatic N) is 2. The van der Waals surface area contributed by atoms with Crippen LogP contribution in [0.1, 0.15) is 22.5 Å². The summed E-state index contributed by atoms with van der Waals surface area (Å²) in [7, 11) is 0. The first-order valence-corrected chi connectivity index (χ1v) is 9.64. The molecule has 0 spiro atoms. The van der Waals surface area contributed by atoms with Crippen LogP contribution >= 0.6 is 11.3 Å². The van der Waals surface area contributed by atoms with Crippen LogP contribution in [0.4, 0.5) is 25.3 Å². The number of thiazole rings is 1. The zero-order valence-corrected chi connectivity index (χ0v) is 15.6. The maximum atomic E-state index is 13.9. The first-order valence-electron chi connectivity index (χ1n) is 8.83. The van der Waals surface area contributed by atoms with Crippen molar-refractivity contribution in [3.05, 3.63) is 59.0 Å². The molecule has 0 amide bonds. The van der Waals surface area contributed by atoms with Gasteiger partial charge in [0.2, 0.25) is 0 Å². The number of aromatic carboxylic acids is 1. The molecule has 1 aromatic heterocycles. The number of carbonyl (C=O) groups is 1. The molecule has 4 rings (SSSR count). The van der Waals surface area contributed by atoms with E-state index in [0.717, 1.165) is 42.2 Å². The average molecular weight is 401 g/mol. The number of hydrogen-bond acceptors (Lipinski definition) is 5. The van der Waals surface area contributed by atoms with Crippen LogP contribution in [0.3, 0.4) is 0 Å². The predicted octanol–water partition coefficient (Wildman–Crippen LogP) is 5.13. The first-order chi connectivity index (χ1) is 13.5. The number of hydrogen-bond donors (Lipinski definition) is 2. The highest BCUT2D eigenvalue weighted by molar-refractivity contribution is 7.18. The van der Waals surface area contributed by atoms with E-state index in [4.69, 9.17) is 0 Å². The lowest BCUT2D eigenvalue weighted by molar-refractivity contribution is 0.0702. The molecule has 0 atom stereocenters. The number of rotatable bonds is 5. The molecule has 0 unspecified atom stereocenters. The molecule has 1 fully saturated rings. The molecule has 0 saturated carbocycles. The maximum absolute atomic E-state index is 13.9. The molecule has 1 aliphatic heterocycles. The quantitative estimate of drug-likeness (QED) is 0.620. The van der Waals surface area contributed by atoms with E-state index in [9.17, 15) is 18.7 Å². The topological polar surface area (TPSA) is 65.5 Å². The van der Waals surface area contributed by atoms with Crippen LogP contribution in [0.25, 0.3) is 11.3 Å². The molecule has 0 aliphatic carbocycles. The van der Waals surface area contributed by atoms with Gasteiger partial charge in [0.25, 0.3) is 0 Å². The number of halogens is 2. The van der Waals surface area contributed by atoms with Crippen molar-refractivity contribution in [3.63, 3.8) is 0 Å². The fourth-order valence-electron chi connectivity index (χ4n) is 3.23. The molecule has 1 saturated heterocycles. The third-order valence-corrected chi connectivity index (χ3v) is 5.56. The Balaban J connectivity index is 1.64. The molecule has 3 aromatic rings. The van der Waals surface area contributed by atoms with E-state index in [1.54, 1.807) is 0 Å². The average Bonchev–Trinajstić information content (AvgIpc) is 3.34. The van der Waals surface area contributed by atoms with Crippen LogP contribution in [-0.4, -0.2) is 29.1 Å². The smallest absolute Gasteiger partial charge is 0.348 e. The highest BCUT2D eigenvalue weighted by Gasteiger charge is 2.20. The van der Waals surface area contributed by atoms with Crippen molar-refractivity contribution in [2.45, 2.75) is 12.8 Å². The molecule has 2 N–H and O–H groups in total. The Morgan fingerprint density at radius 1 is 1.11 bits per heavy atom. The van der Waals surface area contributed by atoms with Crippen LogP contribution < -0.4 is 10.2 Å². The monoisotopic (exact) mass is 401 g/mol. The normalized spacial score (nSPS) is 13.7. The fourth-order valence-corrected chi connectivity index (χ4v) is 4.06. The van der Waals surface area contributed by atoms with Gasteiger partial charge in [0.05, 0.1) is 11.4 Å². The molecule has 0 radical (unpaired) electrons. The van der Waals surface area contributed by atoms with E-state index < -0.39 is 17.6 Å². The van der Waals surface area contributed by atoms with Gasteiger partial charge in [-0.15, -0.1) is 0 Å². The van der Waals surface area contributed by atoms with E-state index in [2.05, 4.69) is 15.2 Å². The van der Waals surface area contributed by atoms with Crippen molar-refractivity contribution in [1.29, 1.82) is 0 Å². The molecule has 144 valence electrons. The summed E-state index contributed by atoms with van der Waals surface area (Å²) < 4.78 is 26.9. The SMILES string of the molecule is O=C(O)c1sc(Nc2ccc(F)cc2F)nc1-c1ccc(N2CCCC2)cc1. The van der Waals surface area contributed by atoms with Crippen LogP contribution in [-0.2, 0) is 0 Å². The fraction of sp³-hybridized carbons (Fsp3) is 0.200. The van der Waals surface area contributed by atoms with Crippen molar-refractivity contribution in [2.75, 3.05) is 23.3 Å². The lowest BCUT2D eigenvalue weighted by atomic mass is 10.1. The van der Waals surface area contributed by atoms with Gasteiger partial charge >= 0.3 is 5.97 Å². The van der Waals surface area contributed by atoms with Crippen molar-refractivity contribution in [3.8, 4) is 11.3 Å². The first kappa shape index (κ1) is 18.4. The van der Waals surface area contributed by atoms with Gasteiger partial charge < -0.3 is 15.3 Å². The largest absolute Gasteiger partial charge is 0.477 e. The van der Waals surface area contributed by atoms with Gasteiger partial charge in [-0.1, -0.05) is 23.5 Å². The second-order valence-corrected chi connectivity index (χ2v) is 7.49. The van der Waals surface area contributed by atoms with Crippen LogP contribution in [0.15, 0.2) is 42.5 Å². The van der Waals surface area contributed by atoms with Gasteiger partial charge in [-0.25, -0.2) is 18.6 Å². The van der Waals surface area contributed by atoms with Crippen molar-refractivity contribution < 1.29 is 18.7 Å². The summed E-state index contributed by atoms with van der Waals surface area (Å²) in [6.45, 7) is 2.04. The summed E-state index contributed by atoms with van der Waals surface area (Å²) in [6.07, 6.45) is 2.35. The number of anilines is 3. The molecule has 28 heavy (non-hydrogen) atoms. The highest BCUT2D eigenvalue weighted by atomic mass is 32.1. The minimum absolute atomic E-state index is 0.0306. The summed E-state index contributed by atoms with van der Waals surface area (Å²) in [4.78, 5) is 18.3. The number of carboxylic acid groups (broad SMARTS) is 1. The van der Waals surface area contributed by atoms with Crippen LogP contribution in [0.2, 0.25) is 0 Å². The van der Waals surface area contributed by atoms with E-state index in [0.29, 0.717) is 11.3 Å². The third-order valence-electron chi connectivity index (χ3n) is 4.61. The van der Waals surface area contributed by atoms with Gasteiger partial charge in [0.15, 0.2) is 5.13 Å². The Bertz CT molecular complexity index is 1010. The summed E-state index contributed by atoms with van der Waals surface area (Å²) in [5.74, 6) is -2.57. The van der Waals surface area contributed by atoms with E-state index in [1.165, 1.54) is 18.9 Å². The zero-order chi connectivity index (χ0) is 19.7. The second kappa shape index (κ2) is 7.55. The minimum Gasteiger partial charge on any atom is -0.477 e. The van der Waals surface area contributed by atoms with E-state index >= 15 is 0 Å². The molecule has 2 heterocycles. The van der Waals surface area contributed by atoms with Gasteiger partial charge in [-0.05, 0) is 37.1 Å². The van der Waals surface area contributed by atoms with Crippen molar-refractivity contribution in [1.82, 2.24) is 4.98 Å². The minimum atomic E-state index is -1.11. The van der Waals surface area contributed by atoms with Crippen LogP contribution in [0, 0.1) is 11.6 Å². The number of benzene rings is 2. The highest BCUT2D eigenvalue weighted by Crippen LogP contribution is 2.34. The van der Waals surface area contributed by atoms with Gasteiger partial charge in [-0.2, -0.15) is 0 Å². The van der Waals surface area contributed by atoms with Gasteiger partial charge in [0.1, 0.15) is 16.5 Å². The standard InChI is InChI=1S/C20H17F2N3O2S/c21-13-5-8-16(15(22)11-13)23-20-24-17(18(28-20)19(26)27)12-3-6-14(7-4-12)25-9-1-2-10-25/h3-8,11H,1-2,9-10H2,(H,23,24)(H,26,27). The Morgan fingerprint density at radius 3 is 2.46 bits per heavy atom. The summed E-state index contributed by atoms with van der Waals surface area (Å²) in [5.41, 5.74) is 2.11. The number of aromatic nitrogens is 1. The molecule has 0 bridgehead atoms. The summed E-state index contributed by atoms with van der Waals surface area (Å²) >= 11 is 0.907. The van der Waals surface area contributed by atoms with E-state index in [-0.39, 0.29) is 15.7 Å². The Morgan fingerprint density at radius 2 is 1.82 bits per heavy atom. The molecule has 5 nitrogen and oxygen atoms in total. The van der Waals surface area contributed by atoms with E-state index in [1.807, 2.05) is 24.3 Å². The molecular formula is C20H17F2N3O2S. The van der Waals surface area contributed by atoms with Crippen LogP contribution in [0.5, 0.6) is 0 Å².